The Morgan fingerprint density at radius 2 is 1.41 bits per heavy atom. The third-order valence-electron chi connectivity index (χ3n) is 3.93. The number of hydrogen-bond donors (Lipinski definition) is 1. The van der Waals surface area contributed by atoms with Crippen molar-refractivity contribution in [2.24, 2.45) is 0 Å². The molecular weight excluding hydrogens is 266 g/mol. The molecule has 109 valence electrons. The van der Waals surface area contributed by atoms with Crippen molar-refractivity contribution in [3.05, 3.63) is 103 Å². The Kier molecular flexibility index (Phi) is 4.62. The third-order valence-corrected chi connectivity index (χ3v) is 3.93. The monoisotopic (exact) mass is 286 g/mol. The lowest BCUT2D eigenvalue weighted by Crippen LogP contribution is -2.03. The van der Waals surface area contributed by atoms with Crippen LogP contribution in [0.4, 0.5) is 5.69 Å². The second-order valence-corrected chi connectivity index (χ2v) is 5.37. The lowest BCUT2D eigenvalue weighted by molar-refractivity contribution is 1.06. The van der Waals surface area contributed by atoms with Crippen LogP contribution in [0, 0.1) is 31.6 Å². The first-order chi connectivity index (χ1) is 10.8. The standard InChI is InChI=1S/C21H20N/c1-2-20(16-8-6-7-9-16)21(17-10-4-3-5-11-17)18-12-14-19(22)15-13-18/h3-15H,2,22H2,1H3/b21-20+. The minimum atomic E-state index is 0.794. The Balaban J connectivity index is 2.15. The molecule has 1 aliphatic rings. The molecule has 0 bridgehead atoms. The minimum Gasteiger partial charge on any atom is -0.399 e. The largest absolute Gasteiger partial charge is 0.399 e. The molecule has 1 heteroatoms. The fourth-order valence-corrected chi connectivity index (χ4v) is 2.87. The van der Waals surface area contributed by atoms with Crippen LogP contribution in [0.3, 0.4) is 0 Å². The van der Waals surface area contributed by atoms with Crippen molar-refractivity contribution in [3.8, 4) is 0 Å². The molecule has 2 aromatic carbocycles. The maximum Gasteiger partial charge on any atom is 0.0314 e. The summed E-state index contributed by atoms with van der Waals surface area (Å²) in [6.45, 7) is 2.21. The van der Waals surface area contributed by atoms with Crippen LogP contribution in [0.15, 0.2) is 60.2 Å². The summed E-state index contributed by atoms with van der Waals surface area (Å²) >= 11 is 0. The molecule has 5 radical (unpaired) electrons. The number of allylic oxidation sites excluding steroid dienone is 1. The zero-order chi connectivity index (χ0) is 15.4. The number of nitrogen functional groups attached to an aromatic ring is 1. The molecule has 0 atom stereocenters. The Morgan fingerprint density at radius 1 is 0.818 bits per heavy atom. The summed E-state index contributed by atoms with van der Waals surface area (Å²) in [7, 11) is 0. The normalized spacial score (nSPS) is 16.6. The smallest absolute Gasteiger partial charge is 0.0314 e. The zero-order valence-electron chi connectivity index (χ0n) is 12.8. The second kappa shape index (κ2) is 6.83. The van der Waals surface area contributed by atoms with Crippen LogP contribution >= 0.6 is 0 Å². The maximum atomic E-state index is 5.85. The molecule has 2 N–H and O–H groups in total. The predicted molar refractivity (Wildman–Crippen MR) is 94.1 cm³/mol. The molecule has 1 aliphatic carbocycles. The van der Waals surface area contributed by atoms with Gasteiger partial charge < -0.3 is 5.73 Å². The number of nitrogens with two attached hydrogens (primary N) is 1. The zero-order valence-corrected chi connectivity index (χ0v) is 12.8. The van der Waals surface area contributed by atoms with Gasteiger partial charge in [0.15, 0.2) is 0 Å². The van der Waals surface area contributed by atoms with Gasteiger partial charge in [0.05, 0.1) is 0 Å². The van der Waals surface area contributed by atoms with Gasteiger partial charge in [-0.15, -0.1) is 0 Å². The minimum absolute atomic E-state index is 0.794. The summed E-state index contributed by atoms with van der Waals surface area (Å²) in [5.74, 6) is 1.29. The SMILES string of the molecule is CC/C([C]1[CH][CH][CH][CH]1)=C(/c1ccccc1)c1ccc(N)cc1. The van der Waals surface area contributed by atoms with Gasteiger partial charge in [-0.1, -0.05) is 55.0 Å². The van der Waals surface area contributed by atoms with Crippen LogP contribution in [0.1, 0.15) is 24.5 Å². The van der Waals surface area contributed by atoms with Gasteiger partial charge in [-0.05, 0) is 60.9 Å². The van der Waals surface area contributed by atoms with Crippen LogP contribution < -0.4 is 5.73 Å². The van der Waals surface area contributed by atoms with Gasteiger partial charge in [-0.2, -0.15) is 0 Å². The van der Waals surface area contributed by atoms with Gasteiger partial charge in [0.1, 0.15) is 0 Å². The van der Waals surface area contributed by atoms with Crippen molar-refractivity contribution in [2.45, 2.75) is 13.3 Å². The number of hydrogen-bond acceptors (Lipinski definition) is 1. The number of anilines is 1. The highest BCUT2D eigenvalue weighted by Gasteiger charge is 2.24. The van der Waals surface area contributed by atoms with Gasteiger partial charge in [0.2, 0.25) is 0 Å². The van der Waals surface area contributed by atoms with E-state index in [1.54, 1.807) is 0 Å². The van der Waals surface area contributed by atoms with Gasteiger partial charge in [-0.3, -0.25) is 0 Å². The van der Waals surface area contributed by atoms with E-state index in [-0.39, 0.29) is 0 Å². The van der Waals surface area contributed by atoms with E-state index in [4.69, 9.17) is 5.73 Å². The summed E-state index contributed by atoms with van der Waals surface area (Å²) in [5.41, 5.74) is 11.7. The van der Waals surface area contributed by atoms with Crippen molar-refractivity contribution in [2.75, 3.05) is 5.73 Å². The molecule has 1 nitrogen and oxygen atoms in total. The fourth-order valence-electron chi connectivity index (χ4n) is 2.87. The van der Waals surface area contributed by atoms with Crippen LogP contribution in [-0.2, 0) is 0 Å². The topological polar surface area (TPSA) is 26.0 Å². The van der Waals surface area contributed by atoms with Crippen molar-refractivity contribution >= 4 is 11.3 Å². The van der Waals surface area contributed by atoms with E-state index in [1.165, 1.54) is 28.2 Å². The number of benzene rings is 2. The molecule has 22 heavy (non-hydrogen) atoms. The fraction of sp³-hybridized carbons (Fsp3) is 0.0952. The van der Waals surface area contributed by atoms with E-state index in [0.717, 1.165) is 12.1 Å². The molecule has 0 aromatic heterocycles. The first-order valence-electron chi connectivity index (χ1n) is 7.66. The highest BCUT2D eigenvalue weighted by molar-refractivity contribution is 5.85. The quantitative estimate of drug-likeness (QED) is 0.796. The average molecular weight is 286 g/mol. The molecular formula is C21H20N. The first-order valence-corrected chi connectivity index (χ1v) is 7.66. The lowest BCUT2D eigenvalue weighted by Gasteiger charge is -2.20. The van der Waals surface area contributed by atoms with E-state index in [1.807, 2.05) is 12.1 Å². The van der Waals surface area contributed by atoms with Crippen LogP contribution in [-0.4, -0.2) is 0 Å². The summed E-state index contributed by atoms with van der Waals surface area (Å²) < 4.78 is 0. The van der Waals surface area contributed by atoms with E-state index >= 15 is 0 Å². The predicted octanol–water partition coefficient (Wildman–Crippen LogP) is 4.89. The van der Waals surface area contributed by atoms with Crippen molar-refractivity contribution in [1.29, 1.82) is 0 Å². The van der Waals surface area contributed by atoms with Gasteiger partial charge in [-0.25, -0.2) is 0 Å². The van der Waals surface area contributed by atoms with E-state index in [9.17, 15) is 0 Å². The average Bonchev–Trinajstić information content (AvgIpc) is 3.08. The Hall–Kier alpha value is -2.02. The molecule has 0 aliphatic heterocycles. The van der Waals surface area contributed by atoms with Crippen LogP contribution in [0.25, 0.3) is 5.57 Å². The molecule has 0 amide bonds. The Bertz CT molecular complexity index is 631. The van der Waals surface area contributed by atoms with E-state index < -0.39 is 0 Å². The molecule has 3 rings (SSSR count). The van der Waals surface area contributed by atoms with Gasteiger partial charge >= 0.3 is 0 Å². The maximum absolute atomic E-state index is 5.85. The lowest BCUT2D eigenvalue weighted by atomic mass is 9.84. The van der Waals surface area contributed by atoms with E-state index in [0.29, 0.717) is 0 Å². The van der Waals surface area contributed by atoms with Crippen molar-refractivity contribution in [1.82, 2.24) is 0 Å². The van der Waals surface area contributed by atoms with Gasteiger partial charge in [0.25, 0.3) is 0 Å². The van der Waals surface area contributed by atoms with E-state index in [2.05, 4.69) is 75.1 Å². The Morgan fingerprint density at radius 3 is 2.00 bits per heavy atom. The molecule has 1 fully saturated rings. The summed E-state index contributed by atoms with van der Waals surface area (Å²) in [5, 5.41) is 0. The number of rotatable bonds is 4. The van der Waals surface area contributed by atoms with Crippen molar-refractivity contribution < 1.29 is 0 Å². The Labute approximate surface area is 133 Å². The van der Waals surface area contributed by atoms with Crippen LogP contribution in [0.5, 0.6) is 0 Å². The molecule has 0 saturated heterocycles. The second-order valence-electron chi connectivity index (χ2n) is 5.37. The third kappa shape index (κ3) is 3.09. The highest BCUT2D eigenvalue weighted by Crippen LogP contribution is 2.39. The summed E-state index contributed by atoms with van der Waals surface area (Å²) in [6.07, 6.45) is 9.53. The molecule has 0 heterocycles. The molecule has 0 spiro atoms. The van der Waals surface area contributed by atoms with Gasteiger partial charge in [0, 0.05) is 11.6 Å². The summed E-state index contributed by atoms with van der Waals surface area (Å²) in [6, 6.07) is 18.7. The highest BCUT2D eigenvalue weighted by atomic mass is 14.5. The summed E-state index contributed by atoms with van der Waals surface area (Å²) in [4.78, 5) is 0. The van der Waals surface area contributed by atoms with Crippen LogP contribution in [0.2, 0.25) is 0 Å². The first kappa shape index (κ1) is 14.9. The molecule has 0 unspecified atom stereocenters. The molecule has 1 saturated carbocycles. The van der Waals surface area contributed by atoms with Crippen molar-refractivity contribution in [3.63, 3.8) is 0 Å². The molecule has 2 aromatic rings.